The summed E-state index contributed by atoms with van der Waals surface area (Å²) in [6.45, 7) is 6.90. The smallest absolute Gasteiger partial charge is 0.289 e. The van der Waals surface area contributed by atoms with Gasteiger partial charge in [0.15, 0.2) is 11.7 Å². The second kappa shape index (κ2) is 8.56. The molecule has 1 aliphatic heterocycles. The van der Waals surface area contributed by atoms with Gasteiger partial charge in [0.1, 0.15) is 0 Å². The van der Waals surface area contributed by atoms with Crippen LogP contribution in [-0.2, 0) is 0 Å². The van der Waals surface area contributed by atoms with Crippen molar-refractivity contribution < 1.29 is 9.21 Å². The highest BCUT2D eigenvalue weighted by atomic mass is 127. The average molecular weight is 432 g/mol. The number of amides is 1. The lowest BCUT2D eigenvalue weighted by Crippen LogP contribution is -2.53. The minimum Gasteiger partial charge on any atom is -0.459 e. The van der Waals surface area contributed by atoms with E-state index in [0.717, 1.165) is 38.1 Å². The Kier molecular flexibility index (Phi) is 6.73. The van der Waals surface area contributed by atoms with Crippen LogP contribution in [-0.4, -0.2) is 60.9 Å². The molecule has 1 aliphatic carbocycles. The van der Waals surface area contributed by atoms with Gasteiger partial charge >= 0.3 is 0 Å². The number of aliphatic imine (C=N–C) groups is 1. The summed E-state index contributed by atoms with van der Waals surface area (Å²) >= 11 is 0. The van der Waals surface area contributed by atoms with E-state index in [9.17, 15) is 4.79 Å². The highest BCUT2D eigenvalue weighted by Gasteiger charge is 2.26. The maximum absolute atomic E-state index is 12.3. The zero-order valence-corrected chi connectivity index (χ0v) is 15.9. The third-order valence-electron chi connectivity index (χ3n) is 4.13. The van der Waals surface area contributed by atoms with E-state index in [0.29, 0.717) is 18.8 Å². The minimum absolute atomic E-state index is 0. The fourth-order valence-corrected chi connectivity index (χ4v) is 2.62. The quantitative estimate of drug-likeness (QED) is 0.450. The van der Waals surface area contributed by atoms with Crippen molar-refractivity contribution in [2.45, 2.75) is 19.8 Å². The normalized spacial score (nSPS) is 18.6. The van der Waals surface area contributed by atoms with E-state index >= 15 is 0 Å². The topological polar surface area (TPSA) is 61.1 Å². The molecule has 6 nitrogen and oxygen atoms in total. The van der Waals surface area contributed by atoms with Crippen molar-refractivity contribution in [1.29, 1.82) is 0 Å². The fourth-order valence-electron chi connectivity index (χ4n) is 2.62. The lowest BCUT2D eigenvalue weighted by Gasteiger charge is -2.36. The molecule has 1 aromatic heterocycles. The fraction of sp³-hybridized carbons (Fsp3) is 0.625. The molecule has 1 N–H and O–H groups in total. The number of nitrogens with zero attached hydrogens (tertiary/aromatic N) is 3. The molecule has 0 atom stereocenters. The summed E-state index contributed by atoms with van der Waals surface area (Å²) in [5, 5.41) is 3.36. The van der Waals surface area contributed by atoms with Crippen molar-refractivity contribution in [3.63, 3.8) is 0 Å². The van der Waals surface area contributed by atoms with E-state index < -0.39 is 0 Å². The Bertz CT molecular complexity index is 520. The number of piperazine rings is 1. The van der Waals surface area contributed by atoms with Crippen molar-refractivity contribution in [3.05, 3.63) is 24.2 Å². The molecule has 128 valence electrons. The van der Waals surface area contributed by atoms with Crippen molar-refractivity contribution in [3.8, 4) is 0 Å². The standard InChI is InChI=1S/C16H24N4O2.HI/c1-2-17-16(18-12-13-5-6-13)20-9-7-19(8-10-20)15(21)14-4-3-11-22-14;/h3-4,11,13H,2,5-10,12H2,1H3,(H,17,18);1H. The van der Waals surface area contributed by atoms with Gasteiger partial charge in [-0.1, -0.05) is 0 Å². The lowest BCUT2D eigenvalue weighted by molar-refractivity contribution is 0.0657. The molecule has 1 amide bonds. The molecule has 2 aliphatic rings. The summed E-state index contributed by atoms with van der Waals surface area (Å²) in [6, 6.07) is 3.47. The van der Waals surface area contributed by atoms with Crippen LogP contribution in [0.5, 0.6) is 0 Å². The van der Waals surface area contributed by atoms with Crippen LogP contribution in [0.25, 0.3) is 0 Å². The van der Waals surface area contributed by atoms with Crippen LogP contribution in [0.3, 0.4) is 0 Å². The van der Waals surface area contributed by atoms with Gasteiger partial charge in [0.2, 0.25) is 0 Å². The van der Waals surface area contributed by atoms with Gasteiger partial charge in [0.05, 0.1) is 6.26 Å². The van der Waals surface area contributed by atoms with Gasteiger partial charge in [-0.25, -0.2) is 0 Å². The molecule has 0 spiro atoms. The lowest BCUT2D eigenvalue weighted by atomic mass is 10.3. The second-order valence-electron chi connectivity index (χ2n) is 5.89. The zero-order chi connectivity index (χ0) is 15.4. The van der Waals surface area contributed by atoms with E-state index in [2.05, 4.69) is 17.1 Å². The summed E-state index contributed by atoms with van der Waals surface area (Å²) in [6.07, 6.45) is 4.17. The Hall–Kier alpha value is -1.25. The van der Waals surface area contributed by atoms with Crippen molar-refractivity contribution in [2.75, 3.05) is 39.3 Å². The van der Waals surface area contributed by atoms with Crippen molar-refractivity contribution in [2.24, 2.45) is 10.9 Å². The monoisotopic (exact) mass is 432 g/mol. The molecule has 1 aromatic rings. The molecule has 1 saturated heterocycles. The Morgan fingerprint density at radius 1 is 1.30 bits per heavy atom. The highest BCUT2D eigenvalue weighted by Crippen LogP contribution is 2.28. The maximum Gasteiger partial charge on any atom is 0.289 e. The molecule has 23 heavy (non-hydrogen) atoms. The number of carbonyl (C=O) groups excluding carboxylic acids is 1. The van der Waals surface area contributed by atoms with E-state index in [4.69, 9.17) is 9.41 Å². The Morgan fingerprint density at radius 2 is 2.00 bits per heavy atom. The van der Waals surface area contributed by atoms with Crippen molar-refractivity contribution in [1.82, 2.24) is 15.1 Å². The summed E-state index contributed by atoms with van der Waals surface area (Å²) < 4.78 is 5.19. The van der Waals surface area contributed by atoms with Crippen LogP contribution in [0.4, 0.5) is 0 Å². The summed E-state index contributed by atoms with van der Waals surface area (Å²) in [5.74, 6) is 2.17. The van der Waals surface area contributed by atoms with Crippen LogP contribution in [0.15, 0.2) is 27.8 Å². The predicted octanol–water partition coefficient (Wildman–Crippen LogP) is 2.03. The number of furan rings is 1. The first-order valence-corrected chi connectivity index (χ1v) is 8.14. The molecular formula is C16H25IN4O2. The SMILES string of the molecule is CCNC(=NCC1CC1)N1CCN(C(=O)c2ccco2)CC1.I. The molecule has 2 heterocycles. The number of carbonyl (C=O) groups is 1. The van der Waals surface area contributed by atoms with Gasteiger partial charge in [0.25, 0.3) is 5.91 Å². The van der Waals surface area contributed by atoms with Gasteiger partial charge in [0, 0.05) is 39.3 Å². The second-order valence-corrected chi connectivity index (χ2v) is 5.89. The van der Waals surface area contributed by atoms with Gasteiger partial charge < -0.3 is 19.5 Å². The van der Waals surface area contributed by atoms with Gasteiger partial charge in [-0.2, -0.15) is 0 Å². The van der Waals surface area contributed by atoms with Crippen LogP contribution in [0.1, 0.15) is 30.3 Å². The van der Waals surface area contributed by atoms with Gasteiger partial charge in [-0.3, -0.25) is 9.79 Å². The predicted molar refractivity (Wildman–Crippen MR) is 100 cm³/mol. The molecular weight excluding hydrogens is 407 g/mol. The summed E-state index contributed by atoms with van der Waals surface area (Å²) in [5.41, 5.74) is 0. The molecule has 2 fully saturated rings. The van der Waals surface area contributed by atoms with Crippen LogP contribution in [0.2, 0.25) is 0 Å². The third kappa shape index (κ3) is 4.86. The first-order chi connectivity index (χ1) is 10.8. The van der Waals surface area contributed by atoms with E-state index in [1.165, 1.54) is 19.1 Å². The molecule has 7 heteroatoms. The number of halogens is 1. The van der Waals surface area contributed by atoms with Gasteiger partial charge in [-0.05, 0) is 37.8 Å². The van der Waals surface area contributed by atoms with Gasteiger partial charge in [-0.15, -0.1) is 24.0 Å². The average Bonchev–Trinajstić information content (AvgIpc) is 3.22. The molecule has 0 radical (unpaired) electrons. The number of guanidine groups is 1. The number of hydrogen-bond donors (Lipinski definition) is 1. The molecule has 0 bridgehead atoms. The Morgan fingerprint density at radius 3 is 2.57 bits per heavy atom. The number of rotatable bonds is 4. The van der Waals surface area contributed by atoms with E-state index in [1.807, 2.05) is 4.90 Å². The summed E-state index contributed by atoms with van der Waals surface area (Å²) in [4.78, 5) is 21.1. The zero-order valence-electron chi connectivity index (χ0n) is 13.5. The van der Waals surface area contributed by atoms with E-state index in [-0.39, 0.29) is 29.9 Å². The van der Waals surface area contributed by atoms with Crippen molar-refractivity contribution >= 4 is 35.8 Å². The number of hydrogen-bond acceptors (Lipinski definition) is 3. The highest BCUT2D eigenvalue weighted by molar-refractivity contribution is 14.0. The summed E-state index contributed by atoms with van der Waals surface area (Å²) in [7, 11) is 0. The largest absolute Gasteiger partial charge is 0.459 e. The third-order valence-corrected chi connectivity index (χ3v) is 4.13. The number of nitrogens with one attached hydrogen (secondary N) is 1. The maximum atomic E-state index is 12.3. The Labute approximate surface area is 154 Å². The van der Waals surface area contributed by atoms with Crippen LogP contribution in [0, 0.1) is 5.92 Å². The first kappa shape index (κ1) is 18.1. The minimum atomic E-state index is -0.0235. The molecule has 1 saturated carbocycles. The molecule has 0 unspecified atom stereocenters. The van der Waals surface area contributed by atoms with E-state index in [1.54, 1.807) is 12.1 Å². The Balaban J connectivity index is 0.00000192. The molecule has 0 aromatic carbocycles. The van der Waals surface area contributed by atoms with Crippen LogP contribution < -0.4 is 5.32 Å². The molecule has 3 rings (SSSR count). The van der Waals surface area contributed by atoms with Crippen LogP contribution >= 0.6 is 24.0 Å². The first-order valence-electron chi connectivity index (χ1n) is 8.14.